The Morgan fingerprint density at radius 3 is 2.89 bits per heavy atom. The molecule has 2 aromatic carbocycles. The Hall–Kier alpha value is -1.82. The van der Waals surface area contributed by atoms with E-state index >= 15 is 0 Å². The first-order valence-electron chi connectivity index (χ1n) is 9.17. The molecule has 0 spiro atoms. The summed E-state index contributed by atoms with van der Waals surface area (Å²) in [6.45, 7) is 2.74. The third kappa shape index (κ3) is 3.77. The van der Waals surface area contributed by atoms with E-state index in [2.05, 4.69) is 0 Å². The summed E-state index contributed by atoms with van der Waals surface area (Å²) in [5, 5.41) is 1.92. The van der Waals surface area contributed by atoms with Crippen molar-refractivity contribution in [3.05, 3.63) is 63.4 Å². The van der Waals surface area contributed by atoms with Gasteiger partial charge in [-0.1, -0.05) is 41.6 Å². The number of thioether (sulfide) groups is 1. The molecule has 1 atom stereocenters. The minimum absolute atomic E-state index is 0.0713. The van der Waals surface area contributed by atoms with Crippen LogP contribution >= 0.6 is 23.4 Å². The minimum Gasteiger partial charge on any atom is -0.377 e. The zero-order valence-electron chi connectivity index (χ0n) is 15.2. The lowest BCUT2D eigenvalue weighted by Crippen LogP contribution is -2.25. The second-order valence-electron chi connectivity index (χ2n) is 6.74. The van der Waals surface area contributed by atoms with Crippen LogP contribution in [0.3, 0.4) is 0 Å². The lowest BCUT2D eigenvalue weighted by atomic mass is 10.1. The van der Waals surface area contributed by atoms with Crippen LogP contribution < -0.4 is 5.56 Å². The SMILES string of the molecule is Cc1c(Cl)cccc1-n1c(SCC2CCCCO2)nc2ccccc2c1=O. The van der Waals surface area contributed by atoms with Crippen LogP contribution in [0.2, 0.25) is 5.02 Å². The fraction of sp³-hybridized carbons (Fsp3) is 0.333. The van der Waals surface area contributed by atoms with Crippen molar-refractivity contribution in [2.75, 3.05) is 12.4 Å². The summed E-state index contributed by atoms with van der Waals surface area (Å²) in [4.78, 5) is 18.1. The van der Waals surface area contributed by atoms with Gasteiger partial charge in [-0.15, -0.1) is 0 Å². The Morgan fingerprint density at radius 1 is 1.22 bits per heavy atom. The summed E-state index contributed by atoms with van der Waals surface area (Å²) in [6, 6.07) is 13.1. The lowest BCUT2D eigenvalue weighted by molar-refractivity contribution is 0.0315. The van der Waals surface area contributed by atoms with E-state index in [9.17, 15) is 4.79 Å². The number of nitrogens with zero attached hydrogens (tertiary/aromatic N) is 2. The largest absolute Gasteiger partial charge is 0.377 e. The van der Waals surface area contributed by atoms with Crippen LogP contribution in [0.1, 0.15) is 24.8 Å². The van der Waals surface area contributed by atoms with E-state index < -0.39 is 0 Å². The standard InChI is InChI=1S/C21H21ClN2O2S/c1-14-17(22)9-6-11-19(14)24-20(25)16-8-2-3-10-18(16)23-21(24)27-13-15-7-4-5-12-26-15/h2-3,6,8-11,15H,4-5,7,12-13H2,1H3. The van der Waals surface area contributed by atoms with Gasteiger partial charge in [0.1, 0.15) is 0 Å². The number of hydrogen-bond acceptors (Lipinski definition) is 4. The Kier molecular flexibility index (Phi) is 5.53. The molecule has 1 aromatic heterocycles. The average molecular weight is 401 g/mol. The van der Waals surface area contributed by atoms with Gasteiger partial charge >= 0.3 is 0 Å². The molecule has 1 unspecified atom stereocenters. The maximum atomic E-state index is 13.3. The Morgan fingerprint density at radius 2 is 2.07 bits per heavy atom. The molecular weight excluding hydrogens is 380 g/mol. The third-order valence-corrected chi connectivity index (χ3v) is 6.38. The molecule has 3 aromatic rings. The summed E-state index contributed by atoms with van der Waals surface area (Å²) >= 11 is 7.90. The predicted molar refractivity (Wildman–Crippen MR) is 111 cm³/mol. The smallest absolute Gasteiger partial charge is 0.266 e. The highest BCUT2D eigenvalue weighted by molar-refractivity contribution is 7.99. The predicted octanol–water partition coefficient (Wildman–Crippen LogP) is 5.01. The quantitative estimate of drug-likeness (QED) is 0.456. The number of benzene rings is 2. The second-order valence-corrected chi connectivity index (χ2v) is 8.13. The van der Waals surface area contributed by atoms with E-state index in [-0.39, 0.29) is 11.7 Å². The number of fused-ring (bicyclic) bond motifs is 1. The van der Waals surface area contributed by atoms with Gasteiger partial charge in [0, 0.05) is 17.4 Å². The van der Waals surface area contributed by atoms with Gasteiger partial charge in [-0.3, -0.25) is 9.36 Å². The Labute approximate surface area is 167 Å². The summed E-state index contributed by atoms with van der Waals surface area (Å²) in [5.41, 5.74) is 2.29. The number of rotatable bonds is 4. The first-order valence-corrected chi connectivity index (χ1v) is 10.5. The number of ether oxygens (including phenoxy) is 1. The van der Waals surface area contributed by atoms with E-state index in [1.807, 2.05) is 49.4 Å². The van der Waals surface area contributed by atoms with Gasteiger partial charge in [-0.05, 0) is 56.0 Å². The molecule has 0 aliphatic carbocycles. The normalized spacial score (nSPS) is 17.3. The highest BCUT2D eigenvalue weighted by atomic mass is 35.5. The van der Waals surface area contributed by atoms with Crippen LogP contribution in [-0.2, 0) is 4.74 Å². The summed E-state index contributed by atoms with van der Waals surface area (Å²) in [5.74, 6) is 0.782. The van der Waals surface area contributed by atoms with Crippen molar-refractivity contribution in [1.82, 2.24) is 9.55 Å². The molecule has 0 N–H and O–H groups in total. The molecule has 0 saturated carbocycles. The third-order valence-electron chi connectivity index (χ3n) is 4.90. The summed E-state index contributed by atoms with van der Waals surface area (Å²) < 4.78 is 7.54. The first-order chi connectivity index (χ1) is 13.1. The maximum Gasteiger partial charge on any atom is 0.266 e. The monoisotopic (exact) mass is 400 g/mol. The van der Waals surface area contributed by atoms with Crippen molar-refractivity contribution in [2.24, 2.45) is 0 Å². The van der Waals surface area contributed by atoms with E-state index in [1.54, 1.807) is 16.3 Å². The molecule has 2 heterocycles. The van der Waals surface area contributed by atoms with Crippen molar-refractivity contribution in [2.45, 2.75) is 37.4 Å². The number of aromatic nitrogens is 2. The molecule has 0 radical (unpaired) electrons. The molecule has 1 fully saturated rings. The second kappa shape index (κ2) is 8.05. The van der Waals surface area contributed by atoms with Gasteiger partial charge in [0.05, 0.1) is 22.7 Å². The molecule has 4 rings (SSSR count). The van der Waals surface area contributed by atoms with Crippen LogP contribution in [0.25, 0.3) is 16.6 Å². The van der Waals surface area contributed by atoms with Crippen molar-refractivity contribution >= 4 is 34.3 Å². The van der Waals surface area contributed by atoms with Crippen molar-refractivity contribution in [3.63, 3.8) is 0 Å². The van der Waals surface area contributed by atoms with Crippen molar-refractivity contribution in [3.8, 4) is 5.69 Å². The molecule has 1 aliphatic heterocycles. The van der Waals surface area contributed by atoms with Crippen LogP contribution in [0.15, 0.2) is 52.4 Å². The van der Waals surface area contributed by atoms with Gasteiger partial charge in [0.25, 0.3) is 5.56 Å². The van der Waals surface area contributed by atoms with E-state index in [4.69, 9.17) is 21.3 Å². The fourth-order valence-electron chi connectivity index (χ4n) is 3.37. The fourth-order valence-corrected chi connectivity index (χ4v) is 4.61. The van der Waals surface area contributed by atoms with E-state index in [1.165, 1.54) is 6.42 Å². The Balaban J connectivity index is 1.82. The zero-order valence-corrected chi connectivity index (χ0v) is 16.7. The first kappa shape index (κ1) is 18.5. The van der Waals surface area contributed by atoms with Crippen LogP contribution in [0, 0.1) is 6.92 Å². The van der Waals surface area contributed by atoms with E-state index in [0.717, 1.165) is 36.5 Å². The van der Waals surface area contributed by atoms with Gasteiger partial charge in [0.2, 0.25) is 0 Å². The van der Waals surface area contributed by atoms with E-state index in [0.29, 0.717) is 21.1 Å². The molecule has 1 aliphatic rings. The Bertz CT molecular complexity index is 1030. The highest BCUT2D eigenvalue weighted by Gasteiger charge is 2.19. The summed E-state index contributed by atoms with van der Waals surface area (Å²) in [7, 11) is 0. The number of halogens is 1. The number of hydrogen-bond donors (Lipinski definition) is 0. The van der Waals surface area contributed by atoms with Crippen LogP contribution in [0.4, 0.5) is 0 Å². The molecule has 1 saturated heterocycles. The number of para-hydroxylation sites is 1. The van der Waals surface area contributed by atoms with Gasteiger partial charge in [0.15, 0.2) is 5.16 Å². The average Bonchev–Trinajstić information content (AvgIpc) is 2.70. The molecule has 0 amide bonds. The molecule has 27 heavy (non-hydrogen) atoms. The van der Waals surface area contributed by atoms with Crippen molar-refractivity contribution in [1.29, 1.82) is 0 Å². The van der Waals surface area contributed by atoms with Gasteiger partial charge < -0.3 is 4.74 Å². The van der Waals surface area contributed by atoms with Crippen LogP contribution in [0.5, 0.6) is 0 Å². The zero-order chi connectivity index (χ0) is 18.8. The van der Waals surface area contributed by atoms with Gasteiger partial charge in [-0.2, -0.15) is 0 Å². The maximum absolute atomic E-state index is 13.3. The minimum atomic E-state index is -0.0713. The van der Waals surface area contributed by atoms with Crippen LogP contribution in [-0.4, -0.2) is 28.0 Å². The lowest BCUT2D eigenvalue weighted by Gasteiger charge is -2.22. The topological polar surface area (TPSA) is 44.1 Å². The molecule has 6 heteroatoms. The molecule has 0 bridgehead atoms. The summed E-state index contributed by atoms with van der Waals surface area (Å²) in [6.07, 6.45) is 3.58. The molecular formula is C21H21ClN2O2S. The molecule has 4 nitrogen and oxygen atoms in total. The molecule has 140 valence electrons. The van der Waals surface area contributed by atoms with Gasteiger partial charge in [-0.25, -0.2) is 4.98 Å². The highest BCUT2D eigenvalue weighted by Crippen LogP contribution is 2.28. The van der Waals surface area contributed by atoms with Crippen molar-refractivity contribution < 1.29 is 4.74 Å².